The predicted octanol–water partition coefficient (Wildman–Crippen LogP) is 2.82. The topological polar surface area (TPSA) is 24.9 Å². The second kappa shape index (κ2) is 4.21. The minimum absolute atomic E-state index is 0.258. The Morgan fingerprint density at radius 3 is 2.79 bits per heavy atom. The first-order chi connectivity index (χ1) is 6.81. The summed E-state index contributed by atoms with van der Waals surface area (Å²) in [6, 6.07) is 4.58. The van der Waals surface area contributed by atoms with Gasteiger partial charge >= 0.3 is 0 Å². The third kappa shape index (κ3) is 1.87. The van der Waals surface area contributed by atoms with Gasteiger partial charge in [-0.3, -0.25) is 0 Å². The SMILES string of the molecule is CNC(c1ccc(C)s1)c1nccs1. The van der Waals surface area contributed by atoms with Crippen LogP contribution in [0.2, 0.25) is 0 Å². The highest BCUT2D eigenvalue weighted by Crippen LogP contribution is 2.28. The fourth-order valence-electron chi connectivity index (χ4n) is 1.37. The van der Waals surface area contributed by atoms with Gasteiger partial charge in [-0.1, -0.05) is 0 Å². The van der Waals surface area contributed by atoms with Crippen LogP contribution in [0.15, 0.2) is 23.7 Å². The molecule has 0 aliphatic heterocycles. The molecule has 0 amide bonds. The summed E-state index contributed by atoms with van der Waals surface area (Å²) in [7, 11) is 1.97. The number of aryl methyl sites for hydroxylation is 1. The third-order valence-corrected chi connectivity index (χ3v) is 3.94. The zero-order chi connectivity index (χ0) is 9.97. The van der Waals surface area contributed by atoms with E-state index in [1.807, 2.05) is 30.0 Å². The molecule has 0 fully saturated rings. The lowest BCUT2D eigenvalue weighted by molar-refractivity contribution is 0.698. The summed E-state index contributed by atoms with van der Waals surface area (Å²) in [5.41, 5.74) is 0. The molecule has 1 unspecified atom stereocenters. The van der Waals surface area contributed by atoms with Crippen molar-refractivity contribution in [3.63, 3.8) is 0 Å². The molecule has 0 saturated heterocycles. The van der Waals surface area contributed by atoms with E-state index in [1.54, 1.807) is 11.3 Å². The lowest BCUT2D eigenvalue weighted by atomic mass is 10.2. The number of nitrogens with zero attached hydrogens (tertiary/aromatic N) is 1. The summed E-state index contributed by atoms with van der Waals surface area (Å²) < 4.78 is 0. The van der Waals surface area contributed by atoms with Crippen molar-refractivity contribution in [3.05, 3.63) is 38.5 Å². The lowest BCUT2D eigenvalue weighted by Crippen LogP contribution is -2.15. The number of nitrogens with one attached hydrogen (secondary N) is 1. The molecule has 0 spiro atoms. The van der Waals surface area contributed by atoms with E-state index in [2.05, 4.69) is 29.4 Å². The van der Waals surface area contributed by atoms with Gasteiger partial charge in [0, 0.05) is 21.3 Å². The Bertz CT molecular complexity index is 392. The molecule has 2 heterocycles. The normalized spacial score (nSPS) is 13.0. The summed E-state index contributed by atoms with van der Waals surface area (Å²) in [6.07, 6.45) is 1.85. The molecule has 0 aliphatic carbocycles. The number of hydrogen-bond acceptors (Lipinski definition) is 4. The molecule has 4 heteroatoms. The first-order valence-electron chi connectivity index (χ1n) is 4.44. The molecule has 2 rings (SSSR count). The highest BCUT2D eigenvalue weighted by molar-refractivity contribution is 7.12. The molecule has 0 bridgehead atoms. The Labute approximate surface area is 91.6 Å². The van der Waals surface area contributed by atoms with E-state index in [1.165, 1.54) is 9.75 Å². The van der Waals surface area contributed by atoms with E-state index in [-0.39, 0.29) is 6.04 Å². The number of aromatic nitrogens is 1. The van der Waals surface area contributed by atoms with Crippen molar-refractivity contribution in [3.8, 4) is 0 Å². The molecule has 0 aliphatic rings. The molecule has 2 aromatic rings. The molecule has 2 aromatic heterocycles. The number of rotatable bonds is 3. The fraction of sp³-hybridized carbons (Fsp3) is 0.300. The van der Waals surface area contributed by atoms with E-state index >= 15 is 0 Å². The summed E-state index contributed by atoms with van der Waals surface area (Å²) >= 11 is 3.52. The minimum atomic E-state index is 0.258. The van der Waals surface area contributed by atoms with Crippen LogP contribution in [0, 0.1) is 6.92 Å². The summed E-state index contributed by atoms with van der Waals surface area (Å²) in [5.74, 6) is 0. The van der Waals surface area contributed by atoms with Crippen molar-refractivity contribution in [1.29, 1.82) is 0 Å². The maximum absolute atomic E-state index is 4.34. The van der Waals surface area contributed by atoms with Crippen LogP contribution < -0.4 is 5.32 Å². The second-order valence-electron chi connectivity index (χ2n) is 3.04. The van der Waals surface area contributed by atoms with Crippen LogP contribution in [-0.2, 0) is 0 Å². The van der Waals surface area contributed by atoms with Crippen molar-refractivity contribution in [2.24, 2.45) is 0 Å². The summed E-state index contributed by atoms with van der Waals surface area (Å²) in [4.78, 5) is 7.01. The molecule has 1 N–H and O–H groups in total. The zero-order valence-electron chi connectivity index (χ0n) is 8.15. The van der Waals surface area contributed by atoms with Crippen molar-refractivity contribution < 1.29 is 0 Å². The lowest BCUT2D eigenvalue weighted by Gasteiger charge is -2.10. The first kappa shape index (κ1) is 9.83. The van der Waals surface area contributed by atoms with E-state index in [0.29, 0.717) is 0 Å². The van der Waals surface area contributed by atoms with Gasteiger partial charge in [0.05, 0.1) is 6.04 Å². The maximum Gasteiger partial charge on any atom is 0.115 e. The molecule has 1 atom stereocenters. The Hall–Kier alpha value is -0.710. The van der Waals surface area contributed by atoms with Crippen LogP contribution in [0.4, 0.5) is 0 Å². The van der Waals surface area contributed by atoms with Gasteiger partial charge in [0.2, 0.25) is 0 Å². The molecule has 0 radical (unpaired) electrons. The minimum Gasteiger partial charge on any atom is -0.307 e. The highest BCUT2D eigenvalue weighted by Gasteiger charge is 2.15. The zero-order valence-corrected chi connectivity index (χ0v) is 9.78. The second-order valence-corrected chi connectivity index (χ2v) is 5.29. The number of thiophene rings is 1. The van der Waals surface area contributed by atoms with Gasteiger partial charge in [-0.05, 0) is 26.1 Å². The Morgan fingerprint density at radius 2 is 2.29 bits per heavy atom. The fourth-order valence-corrected chi connectivity index (χ4v) is 3.20. The average Bonchev–Trinajstić information content (AvgIpc) is 2.79. The van der Waals surface area contributed by atoms with Crippen LogP contribution in [0.3, 0.4) is 0 Å². The van der Waals surface area contributed by atoms with E-state index in [9.17, 15) is 0 Å². The molecule has 0 saturated carbocycles. The monoisotopic (exact) mass is 224 g/mol. The van der Waals surface area contributed by atoms with Crippen molar-refractivity contribution in [1.82, 2.24) is 10.3 Å². The quantitative estimate of drug-likeness (QED) is 0.867. The maximum atomic E-state index is 4.34. The van der Waals surface area contributed by atoms with Gasteiger partial charge in [0.1, 0.15) is 5.01 Å². The van der Waals surface area contributed by atoms with Gasteiger partial charge in [-0.2, -0.15) is 0 Å². The van der Waals surface area contributed by atoms with Gasteiger partial charge in [-0.15, -0.1) is 22.7 Å². The van der Waals surface area contributed by atoms with Crippen LogP contribution in [-0.4, -0.2) is 12.0 Å². The van der Waals surface area contributed by atoms with Crippen molar-refractivity contribution in [2.45, 2.75) is 13.0 Å². The predicted molar refractivity (Wildman–Crippen MR) is 62.1 cm³/mol. The van der Waals surface area contributed by atoms with Crippen LogP contribution in [0.1, 0.15) is 20.8 Å². The third-order valence-electron chi connectivity index (χ3n) is 2.03. The molecule has 14 heavy (non-hydrogen) atoms. The Morgan fingerprint density at radius 1 is 1.43 bits per heavy atom. The van der Waals surface area contributed by atoms with Crippen LogP contribution >= 0.6 is 22.7 Å². The largest absolute Gasteiger partial charge is 0.307 e. The van der Waals surface area contributed by atoms with Gasteiger partial charge in [-0.25, -0.2) is 4.98 Å². The van der Waals surface area contributed by atoms with E-state index < -0.39 is 0 Å². The van der Waals surface area contributed by atoms with Crippen molar-refractivity contribution in [2.75, 3.05) is 7.05 Å². The van der Waals surface area contributed by atoms with Crippen molar-refractivity contribution >= 4 is 22.7 Å². The van der Waals surface area contributed by atoms with Gasteiger partial charge < -0.3 is 5.32 Å². The molecular formula is C10H12N2S2. The summed E-state index contributed by atoms with van der Waals surface area (Å²) in [5, 5.41) is 6.44. The van der Waals surface area contributed by atoms with Crippen LogP contribution in [0.5, 0.6) is 0 Å². The average molecular weight is 224 g/mol. The molecular weight excluding hydrogens is 212 g/mol. The van der Waals surface area contributed by atoms with Crippen LogP contribution in [0.25, 0.3) is 0 Å². The first-order valence-corrected chi connectivity index (χ1v) is 6.14. The van der Waals surface area contributed by atoms with Gasteiger partial charge in [0.15, 0.2) is 0 Å². The Kier molecular flexibility index (Phi) is 2.96. The number of thiazole rings is 1. The number of hydrogen-bond donors (Lipinski definition) is 1. The Balaban J connectivity index is 2.31. The molecule has 2 nitrogen and oxygen atoms in total. The van der Waals surface area contributed by atoms with Gasteiger partial charge in [0.25, 0.3) is 0 Å². The smallest absolute Gasteiger partial charge is 0.115 e. The highest BCUT2D eigenvalue weighted by atomic mass is 32.1. The molecule has 74 valence electrons. The summed E-state index contributed by atoms with van der Waals surface area (Å²) in [6.45, 7) is 2.13. The van der Waals surface area contributed by atoms with E-state index in [4.69, 9.17) is 0 Å². The standard InChI is InChI=1S/C10H12N2S2/c1-7-3-4-8(14-7)9(11-2)10-12-5-6-13-10/h3-6,9,11H,1-2H3. The molecule has 0 aromatic carbocycles. The van der Waals surface area contributed by atoms with E-state index in [0.717, 1.165) is 5.01 Å².